The van der Waals surface area contributed by atoms with Gasteiger partial charge in [-0.2, -0.15) is 5.10 Å². The summed E-state index contributed by atoms with van der Waals surface area (Å²) in [6.07, 6.45) is 6.82. The fourth-order valence-corrected chi connectivity index (χ4v) is 2.81. The molecule has 1 aromatic heterocycles. The van der Waals surface area contributed by atoms with Crippen LogP contribution in [0.4, 0.5) is 0 Å². The number of hydrogen-bond donors (Lipinski definition) is 2. The Kier molecular flexibility index (Phi) is 5.61. The van der Waals surface area contributed by atoms with E-state index < -0.39 is 0 Å². The molecule has 0 amide bonds. The fourth-order valence-electron chi connectivity index (χ4n) is 2.81. The highest BCUT2D eigenvalue weighted by Gasteiger charge is 2.25. The smallest absolute Gasteiger partial charge is 0.193 e. The van der Waals surface area contributed by atoms with E-state index in [1.807, 2.05) is 31.2 Å². The lowest BCUT2D eigenvalue weighted by molar-refractivity contribution is 0.136. The molecular formula is C15H27N5O. The van der Waals surface area contributed by atoms with Gasteiger partial charge < -0.3 is 15.3 Å². The van der Waals surface area contributed by atoms with Crippen LogP contribution in [0.1, 0.15) is 31.7 Å². The SMILES string of the molecule is CCNC(=NCC1CCCC1O)N(C)Cc1cnn(C)c1. The number of aliphatic imine (C=N–C) groups is 1. The Balaban J connectivity index is 1.95. The van der Waals surface area contributed by atoms with Crippen LogP contribution in [0.25, 0.3) is 0 Å². The van der Waals surface area contributed by atoms with E-state index in [0.29, 0.717) is 12.5 Å². The largest absolute Gasteiger partial charge is 0.393 e. The second-order valence-electron chi connectivity index (χ2n) is 5.83. The molecule has 0 saturated heterocycles. The molecule has 0 spiro atoms. The van der Waals surface area contributed by atoms with Crippen molar-refractivity contribution < 1.29 is 5.11 Å². The number of nitrogens with zero attached hydrogens (tertiary/aromatic N) is 4. The highest BCUT2D eigenvalue weighted by molar-refractivity contribution is 5.79. The minimum atomic E-state index is -0.180. The molecule has 6 nitrogen and oxygen atoms in total. The Morgan fingerprint density at radius 2 is 2.38 bits per heavy atom. The minimum Gasteiger partial charge on any atom is -0.393 e. The maximum absolute atomic E-state index is 9.89. The van der Waals surface area contributed by atoms with Gasteiger partial charge in [-0.15, -0.1) is 0 Å². The first-order valence-electron chi connectivity index (χ1n) is 7.75. The number of aryl methyl sites for hydroxylation is 1. The van der Waals surface area contributed by atoms with Crippen LogP contribution in [0, 0.1) is 5.92 Å². The molecule has 6 heteroatoms. The summed E-state index contributed by atoms with van der Waals surface area (Å²) in [4.78, 5) is 6.79. The molecule has 1 aliphatic carbocycles. The van der Waals surface area contributed by atoms with Crippen molar-refractivity contribution in [3.05, 3.63) is 18.0 Å². The van der Waals surface area contributed by atoms with Crippen molar-refractivity contribution in [3.8, 4) is 0 Å². The van der Waals surface area contributed by atoms with Crippen LogP contribution in [0.15, 0.2) is 17.4 Å². The predicted octanol–water partition coefficient (Wildman–Crippen LogP) is 0.978. The maximum Gasteiger partial charge on any atom is 0.193 e. The third kappa shape index (κ3) is 4.46. The van der Waals surface area contributed by atoms with Gasteiger partial charge in [0.2, 0.25) is 0 Å². The molecule has 1 saturated carbocycles. The average molecular weight is 293 g/mol. The monoisotopic (exact) mass is 293 g/mol. The van der Waals surface area contributed by atoms with Gasteiger partial charge in [0.1, 0.15) is 0 Å². The lowest BCUT2D eigenvalue weighted by atomic mass is 10.1. The minimum absolute atomic E-state index is 0.180. The average Bonchev–Trinajstić information content (AvgIpc) is 3.03. The first-order valence-corrected chi connectivity index (χ1v) is 7.75. The van der Waals surface area contributed by atoms with Gasteiger partial charge in [-0.05, 0) is 19.8 Å². The summed E-state index contributed by atoms with van der Waals surface area (Å²) in [7, 11) is 3.95. The van der Waals surface area contributed by atoms with E-state index in [1.165, 1.54) is 0 Å². The molecule has 1 aliphatic rings. The molecule has 1 fully saturated rings. The highest BCUT2D eigenvalue weighted by Crippen LogP contribution is 2.25. The molecule has 0 bridgehead atoms. The van der Waals surface area contributed by atoms with E-state index in [2.05, 4.69) is 22.2 Å². The molecule has 0 aromatic carbocycles. The van der Waals surface area contributed by atoms with Crippen LogP contribution in [0.2, 0.25) is 0 Å². The van der Waals surface area contributed by atoms with Crippen molar-refractivity contribution in [2.45, 2.75) is 38.8 Å². The van der Waals surface area contributed by atoms with E-state index in [-0.39, 0.29) is 6.10 Å². The summed E-state index contributed by atoms with van der Waals surface area (Å²) in [5.74, 6) is 1.20. The number of aliphatic hydroxyl groups excluding tert-OH is 1. The Morgan fingerprint density at radius 3 is 2.95 bits per heavy atom. The van der Waals surface area contributed by atoms with Crippen LogP contribution >= 0.6 is 0 Å². The van der Waals surface area contributed by atoms with Gasteiger partial charge >= 0.3 is 0 Å². The Bertz CT molecular complexity index is 470. The number of aliphatic hydroxyl groups is 1. The van der Waals surface area contributed by atoms with Gasteiger partial charge in [-0.25, -0.2) is 0 Å². The van der Waals surface area contributed by atoms with Gasteiger partial charge in [-0.1, -0.05) is 6.42 Å². The van der Waals surface area contributed by atoms with E-state index in [4.69, 9.17) is 4.99 Å². The standard InChI is InChI=1S/C15H27N5O/c1-4-16-15(17-9-13-6-5-7-14(13)21)19(2)10-12-8-18-20(3)11-12/h8,11,13-14,21H,4-7,9-10H2,1-3H3,(H,16,17). The lowest BCUT2D eigenvalue weighted by Gasteiger charge is -2.22. The van der Waals surface area contributed by atoms with Crippen LogP contribution in [0.3, 0.4) is 0 Å². The first-order chi connectivity index (χ1) is 10.1. The summed E-state index contributed by atoms with van der Waals surface area (Å²) in [5.41, 5.74) is 1.16. The molecule has 2 atom stereocenters. The number of nitrogens with one attached hydrogen (secondary N) is 1. The summed E-state index contributed by atoms with van der Waals surface area (Å²) in [5, 5.41) is 17.4. The molecule has 1 heterocycles. The van der Waals surface area contributed by atoms with E-state index in [1.54, 1.807) is 0 Å². The Labute approximate surface area is 126 Å². The molecule has 21 heavy (non-hydrogen) atoms. The van der Waals surface area contributed by atoms with Crippen molar-refractivity contribution in [1.82, 2.24) is 20.0 Å². The van der Waals surface area contributed by atoms with E-state index in [9.17, 15) is 5.11 Å². The summed E-state index contributed by atoms with van der Waals surface area (Å²) in [6, 6.07) is 0. The van der Waals surface area contributed by atoms with Gasteiger partial charge in [0.05, 0.1) is 12.3 Å². The Hall–Kier alpha value is -1.56. The number of guanidine groups is 1. The Morgan fingerprint density at radius 1 is 1.57 bits per heavy atom. The first kappa shape index (κ1) is 15.8. The fraction of sp³-hybridized carbons (Fsp3) is 0.733. The number of aromatic nitrogens is 2. The van der Waals surface area contributed by atoms with Gasteiger partial charge in [0.15, 0.2) is 5.96 Å². The third-order valence-corrected chi connectivity index (χ3v) is 3.97. The van der Waals surface area contributed by atoms with E-state index >= 15 is 0 Å². The quantitative estimate of drug-likeness (QED) is 0.627. The maximum atomic E-state index is 9.89. The van der Waals surface area contributed by atoms with Gasteiger partial charge in [-0.3, -0.25) is 9.67 Å². The molecule has 2 N–H and O–H groups in total. The molecule has 0 aliphatic heterocycles. The molecular weight excluding hydrogens is 266 g/mol. The zero-order valence-corrected chi connectivity index (χ0v) is 13.3. The number of rotatable bonds is 5. The second-order valence-corrected chi connectivity index (χ2v) is 5.83. The molecule has 2 unspecified atom stereocenters. The molecule has 118 valence electrons. The van der Waals surface area contributed by atoms with Crippen molar-refractivity contribution in [3.63, 3.8) is 0 Å². The third-order valence-electron chi connectivity index (χ3n) is 3.97. The van der Waals surface area contributed by atoms with Crippen molar-refractivity contribution in [2.24, 2.45) is 18.0 Å². The topological polar surface area (TPSA) is 65.7 Å². The highest BCUT2D eigenvalue weighted by atomic mass is 16.3. The zero-order chi connectivity index (χ0) is 15.2. The van der Waals surface area contributed by atoms with E-state index in [0.717, 1.165) is 43.9 Å². The lowest BCUT2D eigenvalue weighted by Crippen LogP contribution is -2.39. The molecule has 0 radical (unpaired) electrons. The summed E-state index contributed by atoms with van der Waals surface area (Å²) in [6.45, 7) is 4.37. The second kappa shape index (κ2) is 7.45. The van der Waals surface area contributed by atoms with Crippen LogP contribution in [-0.4, -0.2) is 52.0 Å². The van der Waals surface area contributed by atoms with Gasteiger partial charge in [0.25, 0.3) is 0 Å². The zero-order valence-electron chi connectivity index (χ0n) is 13.3. The van der Waals surface area contributed by atoms with Crippen LogP contribution in [-0.2, 0) is 13.6 Å². The summed E-state index contributed by atoms with van der Waals surface area (Å²) < 4.78 is 1.81. The van der Waals surface area contributed by atoms with Crippen LogP contribution < -0.4 is 5.32 Å². The normalized spacial score (nSPS) is 22.6. The van der Waals surface area contributed by atoms with Gasteiger partial charge in [0, 0.05) is 51.4 Å². The predicted molar refractivity (Wildman–Crippen MR) is 84.0 cm³/mol. The van der Waals surface area contributed by atoms with Crippen LogP contribution in [0.5, 0.6) is 0 Å². The molecule has 1 aromatic rings. The number of hydrogen-bond acceptors (Lipinski definition) is 3. The summed E-state index contributed by atoms with van der Waals surface area (Å²) >= 11 is 0. The van der Waals surface area contributed by atoms with Crippen molar-refractivity contribution in [2.75, 3.05) is 20.1 Å². The van der Waals surface area contributed by atoms with Crippen molar-refractivity contribution >= 4 is 5.96 Å². The molecule has 2 rings (SSSR count). The van der Waals surface area contributed by atoms with Crippen molar-refractivity contribution in [1.29, 1.82) is 0 Å².